The van der Waals surface area contributed by atoms with Gasteiger partial charge in [-0.2, -0.15) is 0 Å². The number of thiocarbonyl (C=S) groups is 1. The molecule has 0 bridgehead atoms. The van der Waals surface area contributed by atoms with E-state index in [0.29, 0.717) is 11.7 Å². The van der Waals surface area contributed by atoms with Gasteiger partial charge in [-0.1, -0.05) is 38.3 Å². The first kappa shape index (κ1) is 22.1. The quantitative estimate of drug-likeness (QED) is 0.606. The summed E-state index contributed by atoms with van der Waals surface area (Å²) in [6, 6.07) is 6.18. The first-order valence-electron chi connectivity index (χ1n) is 10.6. The van der Waals surface area contributed by atoms with Crippen LogP contribution in [0.2, 0.25) is 0 Å². The Balaban J connectivity index is 2.06. The molecule has 0 spiro atoms. The third-order valence-electron chi connectivity index (χ3n) is 5.73. The fourth-order valence-electron chi connectivity index (χ4n) is 4.01. The zero-order valence-corrected chi connectivity index (χ0v) is 18.8. The molecule has 1 aliphatic rings. The summed E-state index contributed by atoms with van der Waals surface area (Å²) in [7, 11) is 0. The third kappa shape index (κ3) is 4.59. The number of anilines is 3. The van der Waals surface area contributed by atoms with Crippen LogP contribution in [-0.4, -0.2) is 20.7 Å². The van der Waals surface area contributed by atoms with Crippen LogP contribution in [0.4, 0.5) is 17.2 Å². The number of nitrogen functional groups attached to an aromatic ring is 1. The fourth-order valence-corrected chi connectivity index (χ4v) is 4.36. The van der Waals surface area contributed by atoms with Crippen LogP contribution in [0.25, 0.3) is 0 Å². The van der Waals surface area contributed by atoms with E-state index in [1.807, 2.05) is 43.9 Å². The highest BCUT2D eigenvalue weighted by molar-refractivity contribution is 7.80. The lowest BCUT2D eigenvalue weighted by Crippen LogP contribution is -2.47. The van der Waals surface area contributed by atoms with Crippen molar-refractivity contribution in [3.05, 3.63) is 50.2 Å². The van der Waals surface area contributed by atoms with Crippen LogP contribution in [0, 0.1) is 13.8 Å². The summed E-state index contributed by atoms with van der Waals surface area (Å²) in [5.41, 5.74) is 8.76. The average molecular weight is 430 g/mol. The summed E-state index contributed by atoms with van der Waals surface area (Å²) in [5, 5.41) is 3.74. The van der Waals surface area contributed by atoms with Crippen LogP contribution in [0.3, 0.4) is 0 Å². The monoisotopic (exact) mass is 429 g/mol. The molecule has 0 saturated heterocycles. The Morgan fingerprint density at radius 1 is 1.30 bits per heavy atom. The van der Waals surface area contributed by atoms with Gasteiger partial charge in [0.05, 0.1) is 0 Å². The summed E-state index contributed by atoms with van der Waals surface area (Å²) < 4.78 is 1.45. The van der Waals surface area contributed by atoms with Crippen molar-refractivity contribution >= 4 is 34.5 Å². The maximum Gasteiger partial charge on any atom is 0.330 e. The molecule has 7 nitrogen and oxygen atoms in total. The normalized spacial score (nSPS) is 14.1. The van der Waals surface area contributed by atoms with Gasteiger partial charge >= 0.3 is 5.69 Å². The van der Waals surface area contributed by atoms with E-state index < -0.39 is 11.2 Å². The largest absolute Gasteiger partial charge is 0.383 e. The molecule has 1 heterocycles. The van der Waals surface area contributed by atoms with E-state index in [0.717, 1.165) is 55.3 Å². The number of aryl methyl sites for hydroxylation is 2. The lowest BCUT2D eigenvalue weighted by Gasteiger charge is -2.32. The number of nitrogens with two attached hydrogens (primary N) is 1. The van der Waals surface area contributed by atoms with Crippen LogP contribution in [0.15, 0.2) is 27.8 Å². The number of hydrogen-bond acceptors (Lipinski definition) is 4. The van der Waals surface area contributed by atoms with E-state index >= 15 is 0 Å². The molecule has 0 aliphatic heterocycles. The van der Waals surface area contributed by atoms with Crippen molar-refractivity contribution in [2.75, 3.05) is 16.0 Å². The Bertz CT molecular complexity index is 1040. The van der Waals surface area contributed by atoms with Gasteiger partial charge in [-0.3, -0.25) is 14.3 Å². The molecule has 3 rings (SSSR count). The number of rotatable bonds is 6. The first-order chi connectivity index (χ1) is 14.3. The van der Waals surface area contributed by atoms with E-state index in [-0.39, 0.29) is 17.5 Å². The highest BCUT2D eigenvalue weighted by Gasteiger charge is 2.31. The third-order valence-corrected chi connectivity index (χ3v) is 6.03. The van der Waals surface area contributed by atoms with Crippen LogP contribution in [0.5, 0.6) is 0 Å². The van der Waals surface area contributed by atoms with Crippen molar-refractivity contribution in [2.45, 2.75) is 71.9 Å². The lowest BCUT2D eigenvalue weighted by molar-refractivity contribution is 0.601. The molecule has 1 aromatic heterocycles. The van der Waals surface area contributed by atoms with Crippen LogP contribution in [0.1, 0.15) is 56.6 Å². The number of H-pyrrole nitrogens is 1. The van der Waals surface area contributed by atoms with Crippen molar-refractivity contribution in [1.82, 2.24) is 9.55 Å². The highest BCUT2D eigenvalue weighted by Crippen LogP contribution is 2.30. The molecule has 2 aromatic rings. The van der Waals surface area contributed by atoms with Crippen LogP contribution >= 0.6 is 12.2 Å². The molecule has 1 saturated carbocycles. The van der Waals surface area contributed by atoms with E-state index in [4.69, 9.17) is 18.0 Å². The summed E-state index contributed by atoms with van der Waals surface area (Å²) in [6.45, 7) is 6.54. The first-order valence-corrected chi connectivity index (χ1v) is 11.0. The summed E-state index contributed by atoms with van der Waals surface area (Å²) in [6.07, 6.45) is 5.69. The van der Waals surface area contributed by atoms with Gasteiger partial charge in [-0.05, 0) is 62.5 Å². The Morgan fingerprint density at radius 2 is 2.00 bits per heavy atom. The molecule has 162 valence electrons. The minimum Gasteiger partial charge on any atom is -0.383 e. The van der Waals surface area contributed by atoms with Crippen molar-refractivity contribution in [1.29, 1.82) is 0 Å². The maximum atomic E-state index is 12.9. The zero-order chi connectivity index (χ0) is 21.8. The summed E-state index contributed by atoms with van der Waals surface area (Å²) >= 11 is 5.78. The predicted octanol–water partition coefficient (Wildman–Crippen LogP) is 3.68. The van der Waals surface area contributed by atoms with E-state index in [1.54, 1.807) is 0 Å². The minimum atomic E-state index is -0.498. The number of benzene rings is 1. The Morgan fingerprint density at radius 3 is 2.67 bits per heavy atom. The Labute approximate surface area is 182 Å². The predicted molar refractivity (Wildman–Crippen MR) is 128 cm³/mol. The van der Waals surface area contributed by atoms with E-state index in [2.05, 4.69) is 10.3 Å². The van der Waals surface area contributed by atoms with E-state index in [1.165, 1.54) is 4.57 Å². The van der Waals surface area contributed by atoms with Crippen LogP contribution < -0.4 is 27.2 Å². The summed E-state index contributed by atoms with van der Waals surface area (Å²) in [5.74, 6) is 0.175. The fraction of sp³-hybridized carbons (Fsp3) is 0.500. The van der Waals surface area contributed by atoms with Gasteiger partial charge in [0.25, 0.3) is 5.56 Å². The molecule has 0 unspecified atom stereocenters. The minimum absolute atomic E-state index is 0.0654. The molecule has 4 N–H and O–H groups in total. The molecule has 0 atom stereocenters. The molecule has 1 aliphatic carbocycles. The number of aromatic nitrogens is 2. The summed E-state index contributed by atoms with van der Waals surface area (Å²) in [4.78, 5) is 29.5. The molecule has 30 heavy (non-hydrogen) atoms. The van der Waals surface area contributed by atoms with Gasteiger partial charge in [0, 0.05) is 18.3 Å². The maximum absolute atomic E-state index is 12.9. The van der Waals surface area contributed by atoms with E-state index in [9.17, 15) is 9.59 Å². The number of hydrogen-bond donors (Lipinski definition) is 3. The molecule has 0 radical (unpaired) electrons. The van der Waals surface area contributed by atoms with Crippen molar-refractivity contribution in [3.8, 4) is 0 Å². The SMILES string of the molecule is CCCCn1c(N)c(N(C(=S)Nc2cc(C)ccc2C)C2CCCC2)c(=O)[nH]c1=O. The van der Waals surface area contributed by atoms with Gasteiger partial charge in [-0.15, -0.1) is 0 Å². The standard InChI is InChI=1S/C22H31N5O2S/c1-4-5-12-26-19(23)18(20(28)25-21(26)29)27(16-8-6-7-9-16)22(30)24-17-13-14(2)10-11-15(17)3/h10-11,13,16H,4-9,12,23H2,1-3H3,(H,24,30)(H,25,28,29). The molecule has 8 heteroatoms. The second-order valence-corrected chi connectivity index (χ2v) is 8.44. The smallest absolute Gasteiger partial charge is 0.330 e. The molecule has 1 fully saturated rings. The lowest BCUT2D eigenvalue weighted by atomic mass is 10.1. The molecule has 1 aromatic carbocycles. The van der Waals surface area contributed by atoms with Gasteiger partial charge in [0.15, 0.2) is 10.8 Å². The Kier molecular flexibility index (Phi) is 6.97. The van der Waals surface area contributed by atoms with Crippen molar-refractivity contribution < 1.29 is 0 Å². The van der Waals surface area contributed by atoms with Gasteiger partial charge in [0.2, 0.25) is 0 Å². The topological polar surface area (TPSA) is 96.2 Å². The number of nitrogens with zero attached hydrogens (tertiary/aromatic N) is 2. The molecular formula is C22H31N5O2S. The van der Waals surface area contributed by atoms with Crippen molar-refractivity contribution in [3.63, 3.8) is 0 Å². The second-order valence-electron chi connectivity index (χ2n) is 8.06. The molecule has 0 amide bonds. The zero-order valence-electron chi connectivity index (χ0n) is 18.0. The van der Waals surface area contributed by atoms with Crippen molar-refractivity contribution in [2.24, 2.45) is 0 Å². The molecular weight excluding hydrogens is 398 g/mol. The average Bonchev–Trinajstić information content (AvgIpc) is 3.21. The second kappa shape index (κ2) is 9.47. The Hall–Kier alpha value is -2.61. The number of nitrogens with one attached hydrogen (secondary N) is 2. The van der Waals surface area contributed by atoms with Gasteiger partial charge in [0.1, 0.15) is 5.82 Å². The number of aromatic amines is 1. The highest BCUT2D eigenvalue weighted by atomic mass is 32.1. The van der Waals surface area contributed by atoms with Gasteiger partial charge in [-0.25, -0.2) is 4.79 Å². The van der Waals surface area contributed by atoms with Crippen LogP contribution in [-0.2, 0) is 6.54 Å². The van der Waals surface area contributed by atoms with Gasteiger partial charge < -0.3 is 16.0 Å². The number of unbranched alkanes of at least 4 members (excludes halogenated alkanes) is 1.